The second-order valence-electron chi connectivity index (χ2n) is 6.25. The van der Waals surface area contributed by atoms with Crippen LogP contribution < -0.4 is 16.0 Å². The van der Waals surface area contributed by atoms with Crippen molar-refractivity contribution in [3.05, 3.63) is 51.7 Å². The van der Waals surface area contributed by atoms with Gasteiger partial charge in [-0.2, -0.15) is 0 Å². The smallest absolute Gasteiger partial charge is 0.313 e. The van der Waals surface area contributed by atoms with Crippen LogP contribution in [0.1, 0.15) is 29.2 Å². The fourth-order valence-corrected chi connectivity index (χ4v) is 3.11. The summed E-state index contributed by atoms with van der Waals surface area (Å²) in [5.41, 5.74) is 1.34. The predicted molar refractivity (Wildman–Crippen MR) is 103 cm³/mol. The number of anilines is 1. The third-order valence-electron chi connectivity index (χ3n) is 3.45. The van der Waals surface area contributed by atoms with Gasteiger partial charge in [0, 0.05) is 21.5 Å². The topological polar surface area (TPSA) is 87.3 Å². The molecule has 7 heteroatoms. The molecule has 0 atom stereocenters. The Bertz CT molecular complexity index is 782. The zero-order valence-electron chi connectivity index (χ0n) is 15.1. The molecule has 2 aromatic rings. The number of aryl methyl sites for hydroxylation is 1. The van der Waals surface area contributed by atoms with Crippen LogP contribution in [0.25, 0.3) is 0 Å². The van der Waals surface area contributed by atoms with E-state index < -0.39 is 11.8 Å². The molecule has 6 nitrogen and oxygen atoms in total. The molecule has 1 heterocycles. The molecule has 0 bridgehead atoms. The number of benzene rings is 1. The Morgan fingerprint density at radius 2 is 1.69 bits per heavy atom. The molecule has 138 valence electrons. The molecular weight excluding hydrogens is 350 g/mol. The van der Waals surface area contributed by atoms with Gasteiger partial charge in [-0.3, -0.25) is 14.4 Å². The highest BCUT2D eigenvalue weighted by molar-refractivity contribution is 7.11. The maximum Gasteiger partial charge on any atom is 0.313 e. The molecule has 0 radical (unpaired) electrons. The summed E-state index contributed by atoms with van der Waals surface area (Å²) in [5, 5.41) is 7.96. The molecule has 26 heavy (non-hydrogen) atoms. The summed E-state index contributed by atoms with van der Waals surface area (Å²) in [7, 11) is 0. The summed E-state index contributed by atoms with van der Waals surface area (Å²) < 4.78 is 0. The van der Waals surface area contributed by atoms with E-state index >= 15 is 0 Å². The minimum atomic E-state index is -0.719. The van der Waals surface area contributed by atoms with Crippen molar-refractivity contribution in [1.82, 2.24) is 10.6 Å². The Morgan fingerprint density at radius 3 is 2.27 bits per heavy atom. The second-order valence-corrected chi connectivity index (χ2v) is 7.62. The van der Waals surface area contributed by atoms with Gasteiger partial charge in [-0.25, -0.2) is 0 Å². The first-order chi connectivity index (χ1) is 12.3. The monoisotopic (exact) mass is 373 g/mol. The number of hydrogen-bond acceptors (Lipinski definition) is 4. The summed E-state index contributed by atoms with van der Waals surface area (Å²) >= 11 is 1.58. The highest BCUT2D eigenvalue weighted by Gasteiger charge is 2.14. The minimum absolute atomic E-state index is 0.0556. The van der Waals surface area contributed by atoms with Crippen molar-refractivity contribution >= 4 is 34.7 Å². The van der Waals surface area contributed by atoms with E-state index in [-0.39, 0.29) is 18.4 Å². The normalized spacial score (nSPS) is 10.5. The molecule has 0 spiro atoms. The van der Waals surface area contributed by atoms with Crippen LogP contribution in [-0.4, -0.2) is 23.8 Å². The molecule has 0 unspecified atom stereocenters. The van der Waals surface area contributed by atoms with Gasteiger partial charge in [0.2, 0.25) is 5.91 Å². The fraction of sp³-hybridized carbons (Fsp3) is 0.316. The molecule has 0 fully saturated rings. The third kappa shape index (κ3) is 6.33. The Morgan fingerprint density at radius 1 is 1.00 bits per heavy atom. The van der Waals surface area contributed by atoms with Crippen LogP contribution in [0.3, 0.4) is 0 Å². The Labute approximate surface area is 157 Å². The van der Waals surface area contributed by atoms with Crippen molar-refractivity contribution < 1.29 is 14.4 Å². The van der Waals surface area contributed by atoms with Crippen LogP contribution in [0.2, 0.25) is 0 Å². The van der Waals surface area contributed by atoms with Gasteiger partial charge in [-0.1, -0.05) is 12.1 Å². The SMILES string of the molecule is Cc1ccc(CNC(=O)C(=O)Nc2ccc(CC(=O)NC(C)C)cc2)s1. The fourth-order valence-electron chi connectivity index (χ4n) is 2.28. The van der Waals surface area contributed by atoms with Gasteiger partial charge in [0.05, 0.1) is 13.0 Å². The molecule has 1 aromatic carbocycles. The number of carbonyl (C=O) groups excluding carboxylic acids is 3. The lowest BCUT2D eigenvalue weighted by Gasteiger charge is -2.09. The lowest BCUT2D eigenvalue weighted by atomic mass is 10.1. The first-order valence-corrected chi connectivity index (χ1v) is 9.18. The molecule has 0 saturated carbocycles. The summed E-state index contributed by atoms with van der Waals surface area (Å²) in [6.07, 6.45) is 0.271. The van der Waals surface area contributed by atoms with E-state index in [4.69, 9.17) is 0 Å². The van der Waals surface area contributed by atoms with E-state index in [1.54, 1.807) is 35.6 Å². The lowest BCUT2D eigenvalue weighted by molar-refractivity contribution is -0.136. The Kier molecular flexibility index (Phi) is 6.91. The number of amides is 3. The quantitative estimate of drug-likeness (QED) is 0.680. The van der Waals surface area contributed by atoms with Gasteiger partial charge in [0.15, 0.2) is 0 Å². The number of hydrogen-bond donors (Lipinski definition) is 3. The molecule has 3 N–H and O–H groups in total. The van der Waals surface area contributed by atoms with Crippen LogP contribution in [0.4, 0.5) is 5.69 Å². The van der Waals surface area contributed by atoms with E-state index in [1.807, 2.05) is 32.9 Å². The first-order valence-electron chi connectivity index (χ1n) is 8.36. The predicted octanol–water partition coefficient (Wildman–Crippen LogP) is 2.38. The number of rotatable bonds is 6. The van der Waals surface area contributed by atoms with Crippen molar-refractivity contribution in [1.29, 1.82) is 0 Å². The summed E-state index contributed by atoms with van der Waals surface area (Å²) in [4.78, 5) is 37.7. The van der Waals surface area contributed by atoms with Crippen LogP contribution in [0, 0.1) is 6.92 Å². The zero-order chi connectivity index (χ0) is 19.1. The highest BCUT2D eigenvalue weighted by Crippen LogP contribution is 2.14. The first kappa shape index (κ1) is 19.7. The van der Waals surface area contributed by atoms with E-state index in [9.17, 15) is 14.4 Å². The van der Waals surface area contributed by atoms with E-state index in [1.165, 1.54) is 0 Å². The van der Waals surface area contributed by atoms with Crippen molar-refractivity contribution in [2.75, 3.05) is 5.32 Å². The van der Waals surface area contributed by atoms with Crippen molar-refractivity contribution in [2.45, 2.75) is 39.8 Å². The van der Waals surface area contributed by atoms with E-state index in [2.05, 4.69) is 16.0 Å². The zero-order valence-corrected chi connectivity index (χ0v) is 15.9. The number of thiophene rings is 1. The summed E-state index contributed by atoms with van der Waals surface area (Å²) in [6, 6.07) is 10.8. The largest absolute Gasteiger partial charge is 0.354 e. The van der Waals surface area contributed by atoms with Crippen molar-refractivity contribution in [2.24, 2.45) is 0 Å². The van der Waals surface area contributed by atoms with E-state index in [0.717, 1.165) is 15.3 Å². The highest BCUT2D eigenvalue weighted by atomic mass is 32.1. The number of nitrogens with one attached hydrogen (secondary N) is 3. The minimum Gasteiger partial charge on any atom is -0.354 e. The van der Waals surface area contributed by atoms with Crippen LogP contribution >= 0.6 is 11.3 Å². The van der Waals surface area contributed by atoms with Gasteiger partial charge in [-0.05, 0) is 50.6 Å². The molecule has 2 rings (SSSR count). The molecule has 1 aromatic heterocycles. The van der Waals surface area contributed by atoms with Crippen LogP contribution in [0.5, 0.6) is 0 Å². The maximum atomic E-state index is 11.9. The van der Waals surface area contributed by atoms with Gasteiger partial charge < -0.3 is 16.0 Å². The van der Waals surface area contributed by atoms with Gasteiger partial charge in [-0.15, -0.1) is 11.3 Å². The number of carbonyl (C=O) groups is 3. The van der Waals surface area contributed by atoms with Crippen LogP contribution in [0.15, 0.2) is 36.4 Å². The Balaban J connectivity index is 1.82. The van der Waals surface area contributed by atoms with Gasteiger partial charge in [0.1, 0.15) is 0 Å². The Hall–Kier alpha value is -2.67. The van der Waals surface area contributed by atoms with Gasteiger partial charge >= 0.3 is 11.8 Å². The van der Waals surface area contributed by atoms with Crippen molar-refractivity contribution in [3.63, 3.8) is 0 Å². The standard InChI is InChI=1S/C19H23N3O3S/c1-12(2)21-17(23)10-14-5-7-15(8-6-14)22-19(25)18(24)20-11-16-9-4-13(3)26-16/h4-9,12H,10-11H2,1-3H3,(H,20,24)(H,21,23)(H,22,25). The van der Waals surface area contributed by atoms with Crippen molar-refractivity contribution in [3.8, 4) is 0 Å². The average Bonchev–Trinajstić information content (AvgIpc) is 2.99. The van der Waals surface area contributed by atoms with E-state index in [0.29, 0.717) is 12.2 Å². The maximum absolute atomic E-state index is 11.9. The summed E-state index contributed by atoms with van der Waals surface area (Å²) in [5.74, 6) is -1.46. The second kappa shape index (κ2) is 9.15. The van der Waals surface area contributed by atoms with Gasteiger partial charge in [0.25, 0.3) is 0 Å². The molecule has 3 amide bonds. The molecule has 0 aliphatic heterocycles. The van der Waals surface area contributed by atoms with Crippen LogP contribution in [-0.2, 0) is 27.3 Å². The molecular formula is C19H23N3O3S. The lowest BCUT2D eigenvalue weighted by Crippen LogP contribution is -2.34. The molecule has 0 aliphatic rings. The third-order valence-corrected chi connectivity index (χ3v) is 4.45. The average molecular weight is 373 g/mol. The summed E-state index contributed by atoms with van der Waals surface area (Å²) in [6.45, 7) is 6.12. The molecule has 0 aliphatic carbocycles. The molecule has 0 saturated heterocycles.